The van der Waals surface area contributed by atoms with E-state index in [1.165, 1.54) is 6.42 Å². The Bertz CT molecular complexity index is 182. The fraction of sp³-hybridized carbons (Fsp3) is 0.800. The van der Waals surface area contributed by atoms with Crippen LogP contribution < -0.4 is 5.73 Å². The van der Waals surface area contributed by atoms with Gasteiger partial charge in [-0.3, -0.25) is 0 Å². The van der Waals surface area contributed by atoms with Gasteiger partial charge in [0.1, 0.15) is 0 Å². The summed E-state index contributed by atoms with van der Waals surface area (Å²) in [5.41, 5.74) is 8.49. The van der Waals surface area contributed by atoms with E-state index < -0.39 is 0 Å². The van der Waals surface area contributed by atoms with Crippen molar-refractivity contribution in [3.8, 4) is 0 Å². The average molecular weight is 204 g/mol. The number of hydrogen-bond donors (Lipinski definition) is 1. The molecule has 2 nitrogen and oxygen atoms in total. The quantitative estimate of drug-likeness (QED) is 0.765. The highest BCUT2D eigenvalue weighted by molar-refractivity contribution is 6.25. The molecule has 1 aliphatic rings. The van der Waals surface area contributed by atoms with Gasteiger partial charge >= 0.3 is 0 Å². The van der Waals surface area contributed by atoms with Crippen LogP contribution in [0.2, 0.25) is 0 Å². The third-order valence-electron chi connectivity index (χ3n) is 2.40. The molecule has 2 atom stereocenters. The number of ether oxygens (including phenoxy) is 1. The summed E-state index contributed by atoms with van der Waals surface area (Å²) >= 11 is 5.53. The molecule has 2 N–H and O–H groups in total. The minimum atomic E-state index is 0.332. The maximum absolute atomic E-state index is 5.84. The smallest absolute Gasteiger partial charge is 0.0689 e. The van der Waals surface area contributed by atoms with Gasteiger partial charge in [-0.05, 0) is 38.2 Å². The third-order valence-corrected chi connectivity index (χ3v) is 2.77. The molecule has 0 spiro atoms. The molecular formula is C10H18ClNO. The summed E-state index contributed by atoms with van der Waals surface area (Å²) in [4.78, 5) is 0. The minimum Gasteiger partial charge on any atom is -0.374 e. The molecule has 1 saturated carbocycles. The van der Waals surface area contributed by atoms with E-state index in [1.807, 2.05) is 6.92 Å². The van der Waals surface area contributed by atoms with Gasteiger partial charge in [-0.25, -0.2) is 0 Å². The van der Waals surface area contributed by atoms with Gasteiger partial charge in [0.15, 0.2) is 0 Å². The lowest BCUT2D eigenvalue weighted by atomic mass is 9.93. The van der Waals surface area contributed by atoms with E-state index in [0.29, 0.717) is 18.8 Å². The zero-order valence-electron chi connectivity index (χ0n) is 8.13. The molecule has 0 aromatic heterocycles. The molecule has 0 saturated heterocycles. The predicted octanol–water partition coefficient (Wildman–Crippen LogP) is 2.42. The van der Waals surface area contributed by atoms with Crippen molar-refractivity contribution in [2.75, 3.05) is 6.61 Å². The Labute approximate surface area is 85.1 Å². The summed E-state index contributed by atoms with van der Waals surface area (Å²) in [7, 11) is 0. The van der Waals surface area contributed by atoms with E-state index in [2.05, 4.69) is 0 Å². The number of nitrogens with two attached hydrogens (primary N) is 1. The predicted molar refractivity (Wildman–Crippen MR) is 55.8 cm³/mol. The highest BCUT2D eigenvalue weighted by atomic mass is 35.5. The maximum atomic E-state index is 5.84. The number of rotatable bonds is 3. The lowest BCUT2D eigenvalue weighted by molar-refractivity contribution is 0.0374. The van der Waals surface area contributed by atoms with Gasteiger partial charge in [-0.1, -0.05) is 11.6 Å². The molecule has 76 valence electrons. The highest BCUT2D eigenvalue weighted by Gasteiger charge is 2.19. The first kappa shape index (κ1) is 11.0. The molecule has 2 unspecified atom stereocenters. The van der Waals surface area contributed by atoms with Crippen molar-refractivity contribution in [3.05, 3.63) is 11.1 Å². The first-order valence-corrected chi connectivity index (χ1v) is 5.29. The Hall–Kier alpha value is -0.0500. The first-order chi connectivity index (χ1) is 6.22. The molecule has 0 aliphatic heterocycles. The molecular weight excluding hydrogens is 186 g/mol. The standard InChI is InChI=1S/C10H18ClNO/c1-8(6-11)7-13-10-4-2-3-9(12)5-10/h6,9-10H,2-5,7,12H2,1H3. The van der Waals surface area contributed by atoms with Crippen LogP contribution in [0.3, 0.4) is 0 Å². The molecule has 0 radical (unpaired) electrons. The highest BCUT2D eigenvalue weighted by Crippen LogP contribution is 2.20. The molecule has 0 aromatic rings. The Morgan fingerprint density at radius 1 is 1.62 bits per heavy atom. The van der Waals surface area contributed by atoms with E-state index in [1.54, 1.807) is 5.54 Å². The zero-order valence-corrected chi connectivity index (χ0v) is 8.89. The van der Waals surface area contributed by atoms with Crippen LogP contribution in [0.1, 0.15) is 32.6 Å². The van der Waals surface area contributed by atoms with Crippen LogP contribution in [0.4, 0.5) is 0 Å². The largest absolute Gasteiger partial charge is 0.374 e. The van der Waals surface area contributed by atoms with E-state index in [9.17, 15) is 0 Å². The summed E-state index contributed by atoms with van der Waals surface area (Å²) < 4.78 is 5.67. The van der Waals surface area contributed by atoms with Crippen molar-refractivity contribution in [2.45, 2.75) is 44.8 Å². The van der Waals surface area contributed by atoms with Crippen molar-refractivity contribution in [3.63, 3.8) is 0 Å². The molecule has 0 heterocycles. The molecule has 0 bridgehead atoms. The molecule has 1 rings (SSSR count). The Morgan fingerprint density at radius 2 is 2.38 bits per heavy atom. The summed E-state index contributed by atoms with van der Waals surface area (Å²) in [5, 5.41) is 0. The lowest BCUT2D eigenvalue weighted by Gasteiger charge is -2.26. The van der Waals surface area contributed by atoms with E-state index >= 15 is 0 Å². The van der Waals surface area contributed by atoms with Gasteiger partial charge in [0.05, 0.1) is 12.7 Å². The van der Waals surface area contributed by atoms with Gasteiger partial charge in [0.25, 0.3) is 0 Å². The van der Waals surface area contributed by atoms with Gasteiger partial charge < -0.3 is 10.5 Å². The molecule has 0 amide bonds. The zero-order chi connectivity index (χ0) is 9.68. The van der Waals surface area contributed by atoms with Crippen LogP contribution >= 0.6 is 11.6 Å². The molecule has 1 fully saturated rings. The van der Waals surface area contributed by atoms with Crippen molar-refractivity contribution in [1.29, 1.82) is 0 Å². The normalized spacial score (nSPS) is 30.5. The third kappa shape index (κ3) is 4.12. The van der Waals surface area contributed by atoms with Crippen molar-refractivity contribution >= 4 is 11.6 Å². The van der Waals surface area contributed by atoms with Gasteiger partial charge in [-0.2, -0.15) is 0 Å². The SMILES string of the molecule is CC(=CCl)COC1CCCC(N)C1. The maximum Gasteiger partial charge on any atom is 0.0689 e. The summed E-state index contributed by atoms with van der Waals surface area (Å²) in [5.74, 6) is 0. The van der Waals surface area contributed by atoms with E-state index in [4.69, 9.17) is 22.1 Å². The van der Waals surface area contributed by atoms with Crippen LogP contribution in [0.5, 0.6) is 0 Å². The van der Waals surface area contributed by atoms with E-state index in [0.717, 1.165) is 24.8 Å². The Morgan fingerprint density at radius 3 is 3.00 bits per heavy atom. The molecule has 3 heteroatoms. The van der Waals surface area contributed by atoms with Crippen molar-refractivity contribution < 1.29 is 4.74 Å². The minimum absolute atomic E-state index is 0.332. The first-order valence-electron chi connectivity index (χ1n) is 4.85. The van der Waals surface area contributed by atoms with Crippen molar-refractivity contribution in [1.82, 2.24) is 0 Å². The fourth-order valence-electron chi connectivity index (χ4n) is 1.61. The average Bonchev–Trinajstić information content (AvgIpc) is 2.14. The van der Waals surface area contributed by atoms with Gasteiger partial charge in [0.2, 0.25) is 0 Å². The number of hydrogen-bond acceptors (Lipinski definition) is 2. The fourth-order valence-corrected chi connectivity index (χ4v) is 1.68. The van der Waals surface area contributed by atoms with Crippen LogP contribution in [0, 0.1) is 0 Å². The molecule has 0 aromatic carbocycles. The second kappa shape index (κ2) is 5.63. The summed E-state index contributed by atoms with van der Waals surface area (Å²) in [6.07, 6.45) is 4.81. The second-order valence-electron chi connectivity index (χ2n) is 3.82. The van der Waals surface area contributed by atoms with Crippen LogP contribution in [-0.4, -0.2) is 18.8 Å². The van der Waals surface area contributed by atoms with E-state index in [-0.39, 0.29) is 0 Å². The topological polar surface area (TPSA) is 35.2 Å². The van der Waals surface area contributed by atoms with Crippen LogP contribution in [0.25, 0.3) is 0 Å². The number of halogens is 1. The second-order valence-corrected chi connectivity index (χ2v) is 4.03. The molecule has 1 aliphatic carbocycles. The molecule has 13 heavy (non-hydrogen) atoms. The lowest BCUT2D eigenvalue weighted by Crippen LogP contribution is -2.32. The summed E-state index contributed by atoms with van der Waals surface area (Å²) in [6.45, 7) is 2.61. The summed E-state index contributed by atoms with van der Waals surface area (Å²) in [6, 6.07) is 0.332. The van der Waals surface area contributed by atoms with Crippen LogP contribution in [-0.2, 0) is 4.74 Å². The monoisotopic (exact) mass is 203 g/mol. The Balaban J connectivity index is 2.20. The van der Waals surface area contributed by atoms with Crippen LogP contribution in [0.15, 0.2) is 11.1 Å². The Kier molecular flexibility index (Phi) is 4.78. The van der Waals surface area contributed by atoms with Crippen molar-refractivity contribution in [2.24, 2.45) is 5.73 Å². The van der Waals surface area contributed by atoms with Gasteiger partial charge in [-0.15, -0.1) is 0 Å². The van der Waals surface area contributed by atoms with Gasteiger partial charge in [0, 0.05) is 11.6 Å².